The number of nitrogens with two attached hydrogens (primary N) is 1. The van der Waals surface area contributed by atoms with Gasteiger partial charge in [-0.05, 0) is 37.0 Å². The van der Waals surface area contributed by atoms with Crippen LogP contribution >= 0.6 is 0 Å². The molecule has 2 rings (SSSR count). The average Bonchev–Trinajstić information content (AvgIpc) is 2.81. The molecule has 1 saturated heterocycles. The van der Waals surface area contributed by atoms with Crippen molar-refractivity contribution < 1.29 is 9.90 Å². The van der Waals surface area contributed by atoms with Gasteiger partial charge in [-0.2, -0.15) is 0 Å². The monoisotopic (exact) mass is 248 g/mol. The number of carbonyl (C=O) groups is 1. The molecule has 18 heavy (non-hydrogen) atoms. The Morgan fingerprint density at radius 3 is 2.72 bits per heavy atom. The normalized spacial score (nSPS) is 21.0. The number of rotatable bonds is 3. The lowest BCUT2D eigenvalue weighted by atomic mass is 10.0. The first kappa shape index (κ1) is 12.9. The van der Waals surface area contributed by atoms with E-state index in [4.69, 9.17) is 5.73 Å². The zero-order valence-corrected chi connectivity index (χ0v) is 10.7. The minimum atomic E-state index is 0.142. The van der Waals surface area contributed by atoms with Crippen LogP contribution in [0.1, 0.15) is 18.9 Å². The van der Waals surface area contributed by atoms with Crippen LogP contribution in [-0.2, 0) is 11.2 Å². The number of hydrogen-bond donors (Lipinski definition) is 2. The SMILES string of the molecule is CC(N)C1CCN(C(=O)Cc2ccc(O)cc2)C1. The van der Waals surface area contributed by atoms with Crippen LogP contribution in [0.15, 0.2) is 24.3 Å². The molecule has 0 radical (unpaired) electrons. The second kappa shape index (κ2) is 5.40. The number of phenols is 1. The standard InChI is InChI=1S/C14H20N2O2/c1-10(15)12-6-7-16(9-12)14(18)8-11-2-4-13(17)5-3-11/h2-5,10,12,17H,6-9,15H2,1H3. The smallest absolute Gasteiger partial charge is 0.226 e. The average molecular weight is 248 g/mol. The van der Waals surface area contributed by atoms with E-state index in [1.807, 2.05) is 11.8 Å². The summed E-state index contributed by atoms with van der Waals surface area (Å²) in [4.78, 5) is 14.0. The third-order valence-corrected chi connectivity index (χ3v) is 3.61. The third-order valence-electron chi connectivity index (χ3n) is 3.61. The molecule has 2 atom stereocenters. The van der Waals surface area contributed by atoms with Gasteiger partial charge in [0.25, 0.3) is 0 Å². The molecule has 1 aliphatic rings. The Balaban J connectivity index is 1.91. The highest BCUT2D eigenvalue weighted by molar-refractivity contribution is 5.79. The summed E-state index contributed by atoms with van der Waals surface area (Å²) in [5.41, 5.74) is 6.80. The largest absolute Gasteiger partial charge is 0.508 e. The number of benzene rings is 1. The Kier molecular flexibility index (Phi) is 3.87. The van der Waals surface area contributed by atoms with E-state index in [0.29, 0.717) is 12.3 Å². The highest BCUT2D eigenvalue weighted by atomic mass is 16.3. The van der Waals surface area contributed by atoms with Crippen molar-refractivity contribution in [3.05, 3.63) is 29.8 Å². The van der Waals surface area contributed by atoms with Gasteiger partial charge in [0.2, 0.25) is 5.91 Å². The molecule has 1 aliphatic heterocycles. The third kappa shape index (κ3) is 3.01. The van der Waals surface area contributed by atoms with Crippen LogP contribution in [0, 0.1) is 5.92 Å². The van der Waals surface area contributed by atoms with Crippen LogP contribution in [-0.4, -0.2) is 35.0 Å². The summed E-state index contributed by atoms with van der Waals surface area (Å²) in [6, 6.07) is 6.93. The van der Waals surface area contributed by atoms with Gasteiger partial charge in [0.05, 0.1) is 6.42 Å². The highest BCUT2D eigenvalue weighted by Gasteiger charge is 2.28. The molecule has 1 aromatic carbocycles. The van der Waals surface area contributed by atoms with E-state index < -0.39 is 0 Å². The lowest BCUT2D eigenvalue weighted by Gasteiger charge is -2.18. The Bertz CT molecular complexity index is 414. The molecule has 1 heterocycles. The van der Waals surface area contributed by atoms with E-state index in [0.717, 1.165) is 25.1 Å². The maximum Gasteiger partial charge on any atom is 0.226 e. The van der Waals surface area contributed by atoms with Gasteiger partial charge in [0.15, 0.2) is 0 Å². The maximum atomic E-state index is 12.1. The summed E-state index contributed by atoms with van der Waals surface area (Å²) < 4.78 is 0. The summed E-state index contributed by atoms with van der Waals surface area (Å²) >= 11 is 0. The van der Waals surface area contributed by atoms with Crippen molar-refractivity contribution in [1.82, 2.24) is 4.90 Å². The van der Waals surface area contributed by atoms with Gasteiger partial charge in [0, 0.05) is 19.1 Å². The molecule has 98 valence electrons. The summed E-state index contributed by atoms with van der Waals surface area (Å²) in [5, 5.41) is 9.19. The van der Waals surface area contributed by atoms with Crippen LogP contribution in [0.4, 0.5) is 0 Å². The lowest BCUT2D eigenvalue weighted by molar-refractivity contribution is -0.129. The van der Waals surface area contributed by atoms with Gasteiger partial charge < -0.3 is 15.7 Å². The molecule has 4 nitrogen and oxygen atoms in total. The molecule has 0 spiro atoms. The zero-order valence-electron chi connectivity index (χ0n) is 10.7. The van der Waals surface area contributed by atoms with Gasteiger partial charge in [0.1, 0.15) is 5.75 Å². The molecule has 0 bridgehead atoms. The first-order valence-corrected chi connectivity index (χ1v) is 6.37. The van der Waals surface area contributed by atoms with Gasteiger partial charge in [-0.3, -0.25) is 4.79 Å². The summed E-state index contributed by atoms with van der Waals surface area (Å²) in [7, 11) is 0. The second-order valence-electron chi connectivity index (χ2n) is 5.09. The Hall–Kier alpha value is -1.55. The molecule has 0 aromatic heterocycles. The number of aromatic hydroxyl groups is 1. The minimum absolute atomic E-state index is 0.142. The molecule has 3 N–H and O–H groups in total. The van der Waals surface area contributed by atoms with E-state index in [1.54, 1.807) is 24.3 Å². The van der Waals surface area contributed by atoms with Crippen molar-refractivity contribution >= 4 is 5.91 Å². The Morgan fingerprint density at radius 2 is 2.17 bits per heavy atom. The fraction of sp³-hybridized carbons (Fsp3) is 0.500. The fourth-order valence-corrected chi connectivity index (χ4v) is 2.34. The molecule has 4 heteroatoms. The molecule has 1 aromatic rings. The van der Waals surface area contributed by atoms with E-state index in [1.165, 1.54) is 0 Å². The van der Waals surface area contributed by atoms with E-state index in [-0.39, 0.29) is 17.7 Å². The van der Waals surface area contributed by atoms with Gasteiger partial charge in [-0.25, -0.2) is 0 Å². The molecule has 1 amide bonds. The van der Waals surface area contributed by atoms with Crippen LogP contribution < -0.4 is 5.73 Å². The van der Waals surface area contributed by atoms with Crippen molar-refractivity contribution in [2.75, 3.05) is 13.1 Å². The highest BCUT2D eigenvalue weighted by Crippen LogP contribution is 2.20. The number of amides is 1. The molecular formula is C14H20N2O2. The summed E-state index contributed by atoms with van der Waals surface area (Å²) in [5.74, 6) is 0.794. The fourth-order valence-electron chi connectivity index (χ4n) is 2.34. The number of nitrogens with zero attached hydrogens (tertiary/aromatic N) is 1. The number of carbonyl (C=O) groups excluding carboxylic acids is 1. The molecule has 0 saturated carbocycles. The topological polar surface area (TPSA) is 66.6 Å². The molecule has 1 fully saturated rings. The number of phenolic OH excluding ortho intramolecular Hbond substituents is 1. The first-order chi connectivity index (χ1) is 8.56. The Labute approximate surface area is 107 Å². The van der Waals surface area contributed by atoms with E-state index in [2.05, 4.69) is 0 Å². The van der Waals surface area contributed by atoms with Gasteiger partial charge in [-0.1, -0.05) is 12.1 Å². The summed E-state index contributed by atoms with van der Waals surface area (Å²) in [6.07, 6.45) is 1.39. The predicted molar refractivity (Wildman–Crippen MR) is 70.1 cm³/mol. The van der Waals surface area contributed by atoms with Crippen LogP contribution in [0.5, 0.6) is 5.75 Å². The quantitative estimate of drug-likeness (QED) is 0.842. The van der Waals surface area contributed by atoms with Crippen LogP contribution in [0.25, 0.3) is 0 Å². The zero-order chi connectivity index (χ0) is 13.1. The number of hydrogen-bond acceptors (Lipinski definition) is 3. The molecular weight excluding hydrogens is 228 g/mol. The van der Waals surface area contributed by atoms with Crippen molar-refractivity contribution in [3.8, 4) is 5.75 Å². The maximum absolute atomic E-state index is 12.1. The Morgan fingerprint density at radius 1 is 1.50 bits per heavy atom. The first-order valence-electron chi connectivity index (χ1n) is 6.37. The summed E-state index contributed by atoms with van der Waals surface area (Å²) in [6.45, 7) is 3.58. The van der Waals surface area contributed by atoms with Gasteiger partial charge >= 0.3 is 0 Å². The lowest BCUT2D eigenvalue weighted by Crippen LogP contribution is -2.33. The van der Waals surface area contributed by atoms with Gasteiger partial charge in [-0.15, -0.1) is 0 Å². The van der Waals surface area contributed by atoms with Crippen molar-refractivity contribution in [3.63, 3.8) is 0 Å². The van der Waals surface area contributed by atoms with Crippen molar-refractivity contribution in [2.45, 2.75) is 25.8 Å². The number of likely N-dealkylation sites (tertiary alicyclic amines) is 1. The van der Waals surface area contributed by atoms with Crippen molar-refractivity contribution in [1.29, 1.82) is 0 Å². The van der Waals surface area contributed by atoms with Crippen LogP contribution in [0.2, 0.25) is 0 Å². The molecule has 2 unspecified atom stereocenters. The minimum Gasteiger partial charge on any atom is -0.508 e. The van der Waals surface area contributed by atoms with Crippen LogP contribution in [0.3, 0.4) is 0 Å². The van der Waals surface area contributed by atoms with Crippen molar-refractivity contribution in [2.24, 2.45) is 11.7 Å². The molecule has 0 aliphatic carbocycles. The predicted octanol–water partition coefficient (Wildman–Crippen LogP) is 1.13. The van der Waals surface area contributed by atoms with E-state index >= 15 is 0 Å². The second-order valence-corrected chi connectivity index (χ2v) is 5.09. The van der Waals surface area contributed by atoms with E-state index in [9.17, 15) is 9.90 Å².